The molecule has 0 aliphatic heterocycles. The molecule has 2 aromatic carbocycles. The van der Waals surface area contributed by atoms with E-state index in [0.717, 1.165) is 36.8 Å². The average Bonchev–Trinajstić information content (AvgIpc) is 2.80. The van der Waals surface area contributed by atoms with Crippen LogP contribution in [0.4, 0.5) is 4.39 Å². The van der Waals surface area contributed by atoms with Crippen molar-refractivity contribution in [2.24, 2.45) is 0 Å². The van der Waals surface area contributed by atoms with E-state index in [9.17, 15) is 14.0 Å². The van der Waals surface area contributed by atoms with Gasteiger partial charge in [0.2, 0.25) is 11.8 Å². The summed E-state index contributed by atoms with van der Waals surface area (Å²) < 4.78 is 13.4. The lowest BCUT2D eigenvalue weighted by Gasteiger charge is -2.33. The standard InChI is InChI=1S/C26H33FN2O2/c1-2-24(26(31)28-23-11-7-4-8-12-23)29(19-21-13-16-22(27)17-14-21)25(30)18-15-20-9-5-3-6-10-20/h3,5-6,9-10,13-14,16-17,23-24H,2,4,7-8,11-12,15,18-19H2,1H3,(H,28,31). The minimum absolute atomic E-state index is 0.0566. The number of halogens is 1. The van der Waals surface area contributed by atoms with Gasteiger partial charge >= 0.3 is 0 Å². The predicted molar refractivity (Wildman–Crippen MR) is 121 cm³/mol. The summed E-state index contributed by atoms with van der Waals surface area (Å²) in [6.45, 7) is 2.23. The number of benzene rings is 2. The first-order valence-electron chi connectivity index (χ1n) is 11.4. The van der Waals surface area contributed by atoms with E-state index in [2.05, 4.69) is 5.32 Å². The minimum Gasteiger partial charge on any atom is -0.352 e. The summed E-state index contributed by atoms with van der Waals surface area (Å²) in [4.78, 5) is 28.1. The lowest BCUT2D eigenvalue weighted by Crippen LogP contribution is -2.51. The SMILES string of the molecule is CCC(C(=O)NC1CCCCC1)N(Cc1ccc(F)cc1)C(=O)CCc1ccccc1. The molecule has 4 nitrogen and oxygen atoms in total. The Morgan fingerprint density at radius 2 is 1.68 bits per heavy atom. The molecule has 166 valence electrons. The van der Waals surface area contributed by atoms with Crippen molar-refractivity contribution in [1.82, 2.24) is 10.2 Å². The molecule has 0 heterocycles. The molecule has 0 spiro atoms. The van der Waals surface area contributed by atoms with Gasteiger partial charge in [-0.1, -0.05) is 68.7 Å². The minimum atomic E-state index is -0.532. The molecule has 1 unspecified atom stereocenters. The molecule has 0 saturated heterocycles. The Labute approximate surface area is 184 Å². The molecule has 0 bridgehead atoms. The molecule has 1 N–H and O–H groups in total. The van der Waals surface area contributed by atoms with Gasteiger partial charge in [0.25, 0.3) is 0 Å². The lowest BCUT2D eigenvalue weighted by molar-refractivity contribution is -0.141. The second kappa shape index (κ2) is 11.6. The maximum absolute atomic E-state index is 13.4. The Morgan fingerprint density at radius 3 is 2.32 bits per heavy atom. The molecule has 1 aliphatic rings. The normalized spacial score (nSPS) is 15.3. The van der Waals surface area contributed by atoms with Crippen LogP contribution in [-0.4, -0.2) is 28.8 Å². The molecular formula is C26H33FN2O2. The number of rotatable bonds is 9. The van der Waals surface area contributed by atoms with Crippen LogP contribution >= 0.6 is 0 Å². The van der Waals surface area contributed by atoms with Crippen LogP contribution in [0.15, 0.2) is 54.6 Å². The molecule has 0 aromatic heterocycles. The van der Waals surface area contributed by atoms with Crippen molar-refractivity contribution >= 4 is 11.8 Å². The smallest absolute Gasteiger partial charge is 0.243 e. The third-order valence-electron chi connectivity index (χ3n) is 6.07. The molecule has 0 radical (unpaired) electrons. The van der Waals surface area contributed by atoms with Gasteiger partial charge in [-0.3, -0.25) is 9.59 Å². The fourth-order valence-electron chi connectivity index (χ4n) is 4.29. The van der Waals surface area contributed by atoms with Crippen molar-refractivity contribution in [3.8, 4) is 0 Å². The number of nitrogens with one attached hydrogen (secondary N) is 1. The molecule has 31 heavy (non-hydrogen) atoms. The monoisotopic (exact) mass is 424 g/mol. The zero-order valence-electron chi connectivity index (χ0n) is 18.4. The average molecular weight is 425 g/mol. The fraction of sp³-hybridized carbons (Fsp3) is 0.462. The predicted octanol–water partition coefficient (Wildman–Crippen LogP) is 5.01. The van der Waals surface area contributed by atoms with Crippen LogP contribution in [0.25, 0.3) is 0 Å². The second-order valence-electron chi connectivity index (χ2n) is 8.40. The van der Waals surface area contributed by atoms with Gasteiger partial charge < -0.3 is 10.2 Å². The zero-order chi connectivity index (χ0) is 22.1. The van der Waals surface area contributed by atoms with Crippen LogP contribution in [0.1, 0.15) is 63.0 Å². The second-order valence-corrected chi connectivity index (χ2v) is 8.40. The van der Waals surface area contributed by atoms with Gasteiger partial charge in [-0.05, 0) is 48.9 Å². The maximum Gasteiger partial charge on any atom is 0.243 e. The Kier molecular flexibility index (Phi) is 8.63. The maximum atomic E-state index is 13.4. The first-order chi connectivity index (χ1) is 15.1. The summed E-state index contributed by atoms with van der Waals surface area (Å²) in [6, 6.07) is 15.7. The molecule has 3 rings (SSSR count). The molecule has 1 fully saturated rings. The van der Waals surface area contributed by atoms with Crippen molar-refractivity contribution < 1.29 is 14.0 Å². The third-order valence-corrected chi connectivity index (χ3v) is 6.07. The van der Waals surface area contributed by atoms with Gasteiger partial charge in [0.05, 0.1) is 0 Å². The van der Waals surface area contributed by atoms with E-state index in [0.29, 0.717) is 25.8 Å². The van der Waals surface area contributed by atoms with E-state index in [4.69, 9.17) is 0 Å². The quantitative estimate of drug-likeness (QED) is 0.615. The Hall–Kier alpha value is -2.69. The Morgan fingerprint density at radius 1 is 1.00 bits per heavy atom. The summed E-state index contributed by atoms with van der Waals surface area (Å²) in [7, 11) is 0. The van der Waals surface area contributed by atoms with Gasteiger partial charge in [-0.15, -0.1) is 0 Å². The van der Waals surface area contributed by atoms with Crippen LogP contribution < -0.4 is 5.32 Å². The number of aryl methyl sites for hydroxylation is 1. The fourth-order valence-corrected chi connectivity index (χ4v) is 4.29. The summed E-state index contributed by atoms with van der Waals surface area (Å²) in [5, 5.41) is 3.18. The number of hydrogen-bond acceptors (Lipinski definition) is 2. The summed E-state index contributed by atoms with van der Waals surface area (Å²) >= 11 is 0. The largest absolute Gasteiger partial charge is 0.352 e. The van der Waals surface area contributed by atoms with Crippen molar-refractivity contribution in [3.63, 3.8) is 0 Å². The van der Waals surface area contributed by atoms with Gasteiger partial charge in [0.15, 0.2) is 0 Å². The lowest BCUT2D eigenvalue weighted by atomic mass is 9.95. The van der Waals surface area contributed by atoms with E-state index >= 15 is 0 Å². The third kappa shape index (κ3) is 6.91. The number of hydrogen-bond donors (Lipinski definition) is 1. The highest BCUT2D eigenvalue weighted by atomic mass is 19.1. The number of nitrogens with zero attached hydrogens (tertiary/aromatic N) is 1. The van der Waals surface area contributed by atoms with Gasteiger partial charge in [0, 0.05) is 19.0 Å². The molecule has 2 aromatic rings. The molecule has 1 atom stereocenters. The number of carbonyl (C=O) groups is 2. The van der Waals surface area contributed by atoms with Crippen LogP contribution in [0, 0.1) is 5.82 Å². The van der Waals surface area contributed by atoms with Crippen molar-refractivity contribution in [1.29, 1.82) is 0 Å². The van der Waals surface area contributed by atoms with E-state index in [1.54, 1.807) is 17.0 Å². The van der Waals surface area contributed by atoms with Crippen molar-refractivity contribution in [2.75, 3.05) is 0 Å². The van der Waals surface area contributed by atoms with Crippen molar-refractivity contribution in [3.05, 3.63) is 71.5 Å². The van der Waals surface area contributed by atoms with Gasteiger partial charge in [0.1, 0.15) is 11.9 Å². The Bertz CT molecular complexity index is 832. The van der Waals surface area contributed by atoms with E-state index in [1.165, 1.54) is 18.6 Å². The highest BCUT2D eigenvalue weighted by Crippen LogP contribution is 2.20. The van der Waals surface area contributed by atoms with Crippen LogP contribution in [0.3, 0.4) is 0 Å². The van der Waals surface area contributed by atoms with Crippen molar-refractivity contribution in [2.45, 2.75) is 76.9 Å². The first kappa shape index (κ1) is 23.0. The number of amides is 2. The highest BCUT2D eigenvalue weighted by molar-refractivity contribution is 5.88. The van der Waals surface area contributed by atoms with Crippen LogP contribution in [-0.2, 0) is 22.6 Å². The zero-order valence-corrected chi connectivity index (χ0v) is 18.4. The van der Waals surface area contributed by atoms with Gasteiger partial charge in [-0.2, -0.15) is 0 Å². The summed E-state index contributed by atoms with van der Waals surface area (Å²) in [5.41, 5.74) is 1.91. The molecule has 1 aliphatic carbocycles. The molecule has 5 heteroatoms. The van der Waals surface area contributed by atoms with E-state index < -0.39 is 6.04 Å². The molecular weight excluding hydrogens is 391 g/mol. The number of carbonyl (C=O) groups excluding carboxylic acids is 2. The van der Waals surface area contributed by atoms with Crippen LogP contribution in [0.5, 0.6) is 0 Å². The summed E-state index contributed by atoms with van der Waals surface area (Å²) in [6.07, 6.45) is 6.99. The van der Waals surface area contributed by atoms with Crippen LogP contribution in [0.2, 0.25) is 0 Å². The van der Waals surface area contributed by atoms with E-state index in [-0.39, 0.29) is 23.7 Å². The summed E-state index contributed by atoms with van der Waals surface area (Å²) in [5.74, 6) is -0.448. The molecule has 1 saturated carbocycles. The Balaban J connectivity index is 1.73. The highest BCUT2D eigenvalue weighted by Gasteiger charge is 2.30. The first-order valence-corrected chi connectivity index (χ1v) is 11.4. The van der Waals surface area contributed by atoms with Gasteiger partial charge in [-0.25, -0.2) is 4.39 Å². The van der Waals surface area contributed by atoms with E-state index in [1.807, 2.05) is 37.3 Å². The molecule has 2 amide bonds. The topological polar surface area (TPSA) is 49.4 Å².